The van der Waals surface area contributed by atoms with E-state index in [-0.39, 0.29) is 0 Å². The average Bonchev–Trinajstić information content (AvgIpc) is 2.37. The number of alkyl halides is 2. The molecule has 106 valence electrons. The molecule has 0 spiro atoms. The van der Waals surface area contributed by atoms with Gasteiger partial charge >= 0.3 is 15.4 Å². The first-order chi connectivity index (χ1) is 9.22. The Morgan fingerprint density at radius 2 is 1.55 bits per heavy atom. The zero-order chi connectivity index (χ0) is 15.0. The highest BCUT2D eigenvalue weighted by atomic mass is 32.2. The van der Waals surface area contributed by atoms with Crippen molar-refractivity contribution < 1.29 is 26.1 Å². The van der Waals surface area contributed by atoms with Gasteiger partial charge in [0, 0.05) is 5.56 Å². The normalized spacial score (nSPS) is 12.4. The summed E-state index contributed by atoms with van der Waals surface area (Å²) >= 11 is 0. The molecular weight excluding hydrogens is 293 g/mol. The smallest absolute Gasteiger partial charge is 0.281 e. The molecule has 7 heteroatoms. The Kier molecular flexibility index (Phi) is 3.58. The second kappa shape index (κ2) is 4.92. The summed E-state index contributed by atoms with van der Waals surface area (Å²) in [6.07, 6.45) is 0. The maximum Gasteiger partial charge on any atom is 0.395 e. The first kappa shape index (κ1) is 14.5. The molecule has 1 N–H and O–H groups in total. The van der Waals surface area contributed by atoms with E-state index in [4.69, 9.17) is 4.55 Å². The van der Waals surface area contributed by atoms with Crippen LogP contribution in [0.3, 0.4) is 0 Å². The minimum atomic E-state index is -5.53. The Morgan fingerprint density at radius 3 is 2.05 bits per heavy atom. The molecule has 20 heavy (non-hydrogen) atoms. The van der Waals surface area contributed by atoms with Crippen molar-refractivity contribution in [1.82, 2.24) is 0 Å². The van der Waals surface area contributed by atoms with Gasteiger partial charge in [-0.3, -0.25) is 4.55 Å². The summed E-state index contributed by atoms with van der Waals surface area (Å²) < 4.78 is 69.5. The highest BCUT2D eigenvalue weighted by Crippen LogP contribution is 2.34. The standard InChI is InChI=1S/C13H9F3O3S/c14-12-3-1-2-10(8-12)9-4-6-11(7-5-9)13(15,16)20(17,18)19/h1-8H,(H,17,18,19). The molecule has 0 aliphatic rings. The van der Waals surface area contributed by atoms with Crippen LogP contribution < -0.4 is 0 Å². The van der Waals surface area contributed by atoms with Gasteiger partial charge in [-0.1, -0.05) is 36.4 Å². The van der Waals surface area contributed by atoms with Crippen LogP contribution in [0, 0.1) is 5.82 Å². The molecular formula is C13H9F3O3S. The molecule has 0 amide bonds. The largest absolute Gasteiger partial charge is 0.395 e. The molecule has 3 nitrogen and oxygen atoms in total. The van der Waals surface area contributed by atoms with Crippen molar-refractivity contribution in [3.05, 3.63) is 59.9 Å². The highest BCUT2D eigenvalue weighted by molar-refractivity contribution is 7.86. The van der Waals surface area contributed by atoms with Gasteiger partial charge in [-0.2, -0.15) is 17.2 Å². The second-order valence-corrected chi connectivity index (χ2v) is 5.54. The van der Waals surface area contributed by atoms with Crippen LogP contribution in [0.1, 0.15) is 5.56 Å². The van der Waals surface area contributed by atoms with Crippen LogP contribution in [-0.2, 0) is 15.4 Å². The Bertz CT molecular complexity index is 725. The highest BCUT2D eigenvalue weighted by Gasteiger charge is 2.45. The lowest BCUT2D eigenvalue weighted by molar-refractivity contribution is 0.0790. The van der Waals surface area contributed by atoms with E-state index in [9.17, 15) is 21.6 Å². The molecule has 2 rings (SSSR count). The number of halogens is 3. The van der Waals surface area contributed by atoms with Crippen molar-refractivity contribution in [2.45, 2.75) is 5.25 Å². The predicted octanol–water partition coefficient (Wildman–Crippen LogP) is 3.43. The van der Waals surface area contributed by atoms with Gasteiger partial charge in [-0.05, 0) is 23.3 Å². The lowest BCUT2D eigenvalue weighted by atomic mass is 10.0. The Balaban J connectivity index is 2.41. The Hall–Kier alpha value is -1.86. The molecule has 0 unspecified atom stereocenters. The first-order valence-corrected chi connectivity index (χ1v) is 6.87. The molecule has 2 aromatic rings. The summed E-state index contributed by atoms with van der Waals surface area (Å²) in [4.78, 5) is 0. The van der Waals surface area contributed by atoms with Crippen LogP contribution >= 0.6 is 0 Å². The fourth-order valence-electron chi connectivity index (χ4n) is 1.67. The van der Waals surface area contributed by atoms with E-state index >= 15 is 0 Å². The SMILES string of the molecule is O=S(=O)(O)C(F)(F)c1ccc(-c2cccc(F)c2)cc1. The Morgan fingerprint density at radius 1 is 0.950 bits per heavy atom. The van der Waals surface area contributed by atoms with Crippen molar-refractivity contribution in [3.63, 3.8) is 0 Å². The fourth-order valence-corrected chi connectivity index (χ4v) is 2.11. The van der Waals surface area contributed by atoms with E-state index in [0.29, 0.717) is 11.1 Å². The summed E-state index contributed by atoms with van der Waals surface area (Å²) in [6, 6.07) is 9.69. The van der Waals surface area contributed by atoms with Gasteiger partial charge in [0.1, 0.15) is 5.82 Å². The molecule has 0 saturated carbocycles. The van der Waals surface area contributed by atoms with Gasteiger partial charge in [-0.25, -0.2) is 4.39 Å². The first-order valence-electron chi connectivity index (χ1n) is 5.43. The average molecular weight is 302 g/mol. The van der Waals surface area contributed by atoms with Crippen molar-refractivity contribution in [2.24, 2.45) is 0 Å². The molecule has 0 aliphatic heterocycles. The maximum atomic E-state index is 13.4. The molecule has 0 saturated heterocycles. The maximum absolute atomic E-state index is 13.4. The second-order valence-electron chi connectivity index (χ2n) is 4.08. The van der Waals surface area contributed by atoms with Crippen LogP contribution in [0.4, 0.5) is 13.2 Å². The summed E-state index contributed by atoms with van der Waals surface area (Å²) in [5, 5.41) is -4.38. The van der Waals surface area contributed by atoms with E-state index in [1.165, 1.54) is 30.3 Å². The van der Waals surface area contributed by atoms with Gasteiger partial charge in [0.2, 0.25) is 0 Å². The number of rotatable bonds is 3. The summed E-state index contributed by atoms with van der Waals surface area (Å²) in [7, 11) is -5.53. The van der Waals surface area contributed by atoms with E-state index in [0.717, 1.165) is 12.1 Å². The van der Waals surface area contributed by atoms with Crippen LogP contribution in [0.25, 0.3) is 11.1 Å². The lowest BCUT2D eigenvalue weighted by Crippen LogP contribution is -2.25. The number of hydrogen-bond acceptors (Lipinski definition) is 2. The van der Waals surface area contributed by atoms with Gasteiger partial charge in [-0.15, -0.1) is 0 Å². The minimum absolute atomic E-state index is 0.444. The van der Waals surface area contributed by atoms with Crippen LogP contribution in [0.2, 0.25) is 0 Å². The summed E-state index contributed by atoms with van der Waals surface area (Å²) in [5.74, 6) is -0.477. The van der Waals surface area contributed by atoms with Crippen molar-refractivity contribution in [2.75, 3.05) is 0 Å². The van der Waals surface area contributed by atoms with Crippen molar-refractivity contribution in [3.8, 4) is 11.1 Å². The minimum Gasteiger partial charge on any atom is -0.281 e. The molecule has 2 aromatic carbocycles. The van der Waals surface area contributed by atoms with E-state index in [1.807, 2.05) is 0 Å². The molecule has 0 aromatic heterocycles. The van der Waals surface area contributed by atoms with Crippen LogP contribution in [0.15, 0.2) is 48.5 Å². The van der Waals surface area contributed by atoms with Crippen LogP contribution in [0.5, 0.6) is 0 Å². The van der Waals surface area contributed by atoms with Gasteiger partial charge in [0.25, 0.3) is 0 Å². The third-order valence-corrected chi connectivity index (χ3v) is 3.59. The number of hydrogen-bond donors (Lipinski definition) is 1. The van der Waals surface area contributed by atoms with Crippen LogP contribution in [-0.4, -0.2) is 13.0 Å². The molecule has 0 heterocycles. The zero-order valence-electron chi connectivity index (χ0n) is 9.92. The van der Waals surface area contributed by atoms with E-state index in [2.05, 4.69) is 0 Å². The predicted molar refractivity (Wildman–Crippen MR) is 67.3 cm³/mol. The fraction of sp³-hybridized carbons (Fsp3) is 0.0769. The summed E-state index contributed by atoms with van der Waals surface area (Å²) in [6.45, 7) is 0. The lowest BCUT2D eigenvalue weighted by Gasteiger charge is -2.13. The van der Waals surface area contributed by atoms with Crippen molar-refractivity contribution in [1.29, 1.82) is 0 Å². The third-order valence-electron chi connectivity index (χ3n) is 2.70. The number of benzene rings is 2. The summed E-state index contributed by atoms with van der Waals surface area (Å²) in [5.41, 5.74) is 0.0475. The third kappa shape index (κ3) is 2.68. The monoisotopic (exact) mass is 302 g/mol. The Labute approximate surface area is 113 Å². The topological polar surface area (TPSA) is 54.4 Å². The van der Waals surface area contributed by atoms with Crippen molar-refractivity contribution >= 4 is 10.1 Å². The van der Waals surface area contributed by atoms with E-state index in [1.54, 1.807) is 6.07 Å². The molecule has 0 radical (unpaired) electrons. The van der Waals surface area contributed by atoms with Gasteiger partial charge in [0.05, 0.1) is 0 Å². The van der Waals surface area contributed by atoms with Gasteiger partial charge < -0.3 is 0 Å². The molecule has 0 fully saturated rings. The quantitative estimate of drug-likeness (QED) is 0.884. The molecule has 0 atom stereocenters. The zero-order valence-corrected chi connectivity index (χ0v) is 10.7. The van der Waals surface area contributed by atoms with Gasteiger partial charge in [0.15, 0.2) is 0 Å². The van der Waals surface area contributed by atoms with E-state index < -0.39 is 26.8 Å². The molecule has 0 aliphatic carbocycles. The molecule has 0 bridgehead atoms.